The number of alkyl halides is 3. The Kier molecular flexibility index (Phi) is 7.54. The molecule has 0 aliphatic rings. The molecule has 2 aromatic rings. The number of ether oxygens (including phenoxy) is 2. The van der Waals surface area contributed by atoms with Crippen molar-refractivity contribution in [3.05, 3.63) is 59.7 Å². The largest absolute Gasteiger partial charge is 0.491 e. The molecule has 0 spiro atoms. The van der Waals surface area contributed by atoms with Crippen molar-refractivity contribution >= 4 is 6.03 Å². The van der Waals surface area contributed by atoms with Crippen LogP contribution in [0.25, 0.3) is 0 Å². The second kappa shape index (κ2) is 9.87. The van der Waals surface area contributed by atoms with Gasteiger partial charge in [-0.25, -0.2) is 4.79 Å². The summed E-state index contributed by atoms with van der Waals surface area (Å²) in [6, 6.07) is 13.2. The molecule has 0 radical (unpaired) electrons. The monoisotopic (exact) mass is 396 g/mol. The summed E-state index contributed by atoms with van der Waals surface area (Å²) in [4.78, 5) is 11.9. The van der Waals surface area contributed by atoms with Gasteiger partial charge in [0.1, 0.15) is 11.5 Å². The van der Waals surface area contributed by atoms with Crippen molar-refractivity contribution in [2.45, 2.75) is 39.2 Å². The van der Waals surface area contributed by atoms with Gasteiger partial charge in [-0.1, -0.05) is 24.3 Å². The molecule has 2 rings (SSSR count). The first-order chi connectivity index (χ1) is 13.2. The van der Waals surface area contributed by atoms with Crippen LogP contribution < -0.4 is 20.1 Å². The SMILES string of the molecule is CC(C)Oc1cccc(CNC(=O)NCc2ccc(OCC(F)(F)F)cc2)c1. The molecule has 0 atom stereocenters. The molecule has 0 aliphatic carbocycles. The maximum Gasteiger partial charge on any atom is 0.422 e. The summed E-state index contributed by atoms with van der Waals surface area (Å²) in [6.45, 7) is 3.12. The van der Waals surface area contributed by atoms with E-state index in [1.54, 1.807) is 12.1 Å². The van der Waals surface area contributed by atoms with E-state index in [0.29, 0.717) is 6.54 Å². The summed E-state index contributed by atoms with van der Waals surface area (Å²) in [5.74, 6) is 0.858. The number of carbonyl (C=O) groups is 1. The van der Waals surface area contributed by atoms with Crippen LogP contribution in [0.1, 0.15) is 25.0 Å². The Morgan fingerprint density at radius 2 is 1.61 bits per heavy atom. The first-order valence-corrected chi connectivity index (χ1v) is 8.77. The van der Waals surface area contributed by atoms with Gasteiger partial charge in [-0.3, -0.25) is 0 Å². The van der Waals surface area contributed by atoms with Crippen LogP contribution in [0.3, 0.4) is 0 Å². The van der Waals surface area contributed by atoms with E-state index in [2.05, 4.69) is 15.4 Å². The molecule has 0 bridgehead atoms. The van der Waals surface area contributed by atoms with E-state index in [9.17, 15) is 18.0 Å². The molecule has 0 aliphatic heterocycles. The highest BCUT2D eigenvalue weighted by molar-refractivity contribution is 5.73. The maximum atomic E-state index is 12.1. The van der Waals surface area contributed by atoms with Crippen LogP contribution in [0, 0.1) is 0 Å². The molecular weight excluding hydrogens is 373 g/mol. The molecule has 8 heteroatoms. The third-order valence-corrected chi connectivity index (χ3v) is 3.50. The lowest BCUT2D eigenvalue weighted by atomic mass is 10.2. The molecule has 28 heavy (non-hydrogen) atoms. The average Bonchev–Trinajstić information content (AvgIpc) is 2.63. The van der Waals surface area contributed by atoms with Gasteiger partial charge in [0.15, 0.2) is 6.61 Å². The number of carbonyl (C=O) groups excluding carboxylic acids is 1. The Bertz CT molecular complexity index is 762. The van der Waals surface area contributed by atoms with E-state index in [0.717, 1.165) is 16.9 Å². The van der Waals surface area contributed by atoms with E-state index in [-0.39, 0.29) is 24.4 Å². The topological polar surface area (TPSA) is 59.6 Å². The van der Waals surface area contributed by atoms with Gasteiger partial charge in [0, 0.05) is 13.1 Å². The van der Waals surface area contributed by atoms with E-state index >= 15 is 0 Å². The Hall–Kier alpha value is -2.90. The molecular formula is C20H23F3N2O3. The molecule has 2 amide bonds. The Morgan fingerprint density at radius 3 is 2.21 bits per heavy atom. The Morgan fingerprint density at radius 1 is 0.964 bits per heavy atom. The highest BCUT2D eigenvalue weighted by Gasteiger charge is 2.28. The molecule has 2 N–H and O–H groups in total. The first-order valence-electron chi connectivity index (χ1n) is 8.77. The van der Waals surface area contributed by atoms with E-state index in [1.165, 1.54) is 12.1 Å². The van der Waals surface area contributed by atoms with Crippen molar-refractivity contribution in [2.24, 2.45) is 0 Å². The van der Waals surface area contributed by atoms with Gasteiger partial charge in [0.25, 0.3) is 0 Å². The zero-order valence-corrected chi connectivity index (χ0v) is 15.7. The van der Waals surface area contributed by atoms with Gasteiger partial charge in [-0.2, -0.15) is 13.2 Å². The van der Waals surface area contributed by atoms with Crippen LogP contribution >= 0.6 is 0 Å². The van der Waals surface area contributed by atoms with E-state index in [4.69, 9.17) is 4.74 Å². The number of urea groups is 1. The van der Waals surface area contributed by atoms with Crippen molar-refractivity contribution in [3.8, 4) is 11.5 Å². The van der Waals surface area contributed by atoms with Crippen molar-refractivity contribution in [1.29, 1.82) is 0 Å². The van der Waals surface area contributed by atoms with Gasteiger partial charge in [0.2, 0.25) is 0 Å². The molecule has 0 saturated carbocycles. The Labute approximate surface area is 161 Å². The summed E-state index contributed by atoms with van der Waals surface area (Å²) in [7, 11) is 0. The maximum absolute atomic E-state index is 12.1. The zero-order valence-electron chi connectivity index (χ0n) is 15.7. The predicted octanol–water partition coefficient (Wildman–Crippen LogP) is 4.41. The predicted molar refractivity (Wildman–Crippen MR) is 99.3 cm³/mol. The fourth-order valence-corrected chi connectivity index (χ4v) is 2.30. The smallest absolute Gasteiger partial charge is 0.422 e. The minimum absolute atomic E-state index is 0.0664. The van der Waals surface area contributed by atoms with Crippen LogP contribution in [0.4, 0.5) is 18.0 Å². The lowest BCUT2D eigenvalue weighted by Gasteiger charge is -2.12. The standard InChI is InChI=1S/C20H23F3N2O3/c1-14(2)28-18-5-3-4-16(10-18)12-25-19(26)24-11-15-6-8-17(9-7-15)27-13-20(21,22)23/h3-10,14H,11-13H2,1-2H3,(H2,24,25,26). The van der Waals surface area contributed by atoms with Crippen LogP contribution in [-0.2, 0) is 13.1 Å². The molecule has 152 valence electrons. The van der Waals surface area contributed by atoms with Crippen molar-refractivity contribution < 1.29 is 27.4 Å². The number of hydrogen-bond acceptors (Lipinski definition) is 3. The molecule has 0 saturated heterocycles. The van der Waals surface area contributed by atoms with Crippen LogP contribution in [0.15, 0.2) is 48.5 Å². The highest BCUT2D eigenvalue weighted by atomic mass is 19.4. The molecule has 0 unspecified atom stereocenters. The summed E-state index contributed by atoms with van der Waals surface area (Å²) < 4.78 is 46.6. The Balaban J connectivity index is 1.75. The summed E-state index contributed by atoms with van der Waals surface area (Å²) in [6.07, 6.45) is -4.31. The lowest BCUT2D eigenvalue weighted by molar-refractivity contribution is -0.153. The van der Waals surface area contributed by atoms with E-state index in [1.807, 2.05) is 38.1 Å². The molecule has 0 aromatic heterocycles. The number of benzene rings is 2. The van der Waals surface area contributed by atoms with Crippen LogP contribution in [0.5, 0.6) is 11.5 Å². The second-order valence-corrected chi connectivity index (χ2v) is 6.40. The zero-order chi connectivity index (χ0) is 20.6. The number of hydrogen-bond donors (Lipinski definition) is 2. The van der Waals surface area contributed by atoms with Crippen LogP contribution in [-0.4, -0.2) is 24.9 Å². The summed E-state index contributed by atoms with van der Waals surface area (Å²) in [5, 5.41) is 5.43. The van der Waals surface area contributed by atoms with Crippen LogP contribution in [0.2, 0.25) is 0 Å². The fraction of sp³-hybridized carbons (Fsp3) is 0.350. The molecule has 0 fully saturated rings. The normalized spacial score (nSPS) is 11.2. The third kappa shape index (κ3) is 8.20. The number of rotatable bonds is 8. The quantitative estimate of drug-likeness (QED) is 0.695. The minimum atomic E-state index is -4.38. The van der Waals surface area contributed by atoms with Crippen molar-refractivity contribution in [2.75, 3.05) is 6.61 Å². The van der Waals surface area contributed by atoms with Gasteiger partial charge < -0.3 is 20.1 Å². The fourth-order valence-electron chi connectivity index (χ4n) is 2.30. The number of nitrogens with one attached hydrogen (secondary N) is 2. The van der Waals surface area contributed by atoms with Gasteiger partial charge in [-0.05, 0) is 49.2 Å². The second-order valence-electron chi connectivity index (χ2n) is 6.40. The minimum Gasteiger partial charge on any atom is -0.491 e. The van der Waals surface area contributed by atoms with Crippen molar-refractivity contribution in [3.63, 3.8) is 0 Å². The van der Waals surface area contributed by atoms with Gasteiger partial charge in [0.05, 0.1) is 6.10 Å². The summed E-state index contributed by atoms with van der Waals surface area (Å²) in [5.41, 5.74) is 1.64. The van der Waals surface area contributed by atoms with Gasteiger partial charge >= 0.3 is 12.2 Å². The number of amides is 2. The number of halogens is 3. The molecule has 2 aromatic carbocycles. The van der Waals surface area contributed by atoms with E-state index < -0.39 is 12.8 Å². The first kappa shape index (κ1) is 21.4. The lowest BCUT2D eigenvalue weighted by Crippen LogP contribution is -2.34. The molecule has 5 nitrogen and oxygen atoms in total. The van der Waals surface area contributed by atoms with Crippen molar-refractivity contribution in [1.82, 2.24) is 10.6 Å². The van der Waals surface area contributed by atoms with Gasteiger partial charge in [-0.15, -0.1) is 0 Å². The average molecular weight is 396 g/mol. The summed E-state index contributed by atoms with van der Waals surface area (Å²) >= 11 is 0. The molecule has 0 heterocycles. The highest BCUT2D eigenvalue weighted by Crippen LogP contribution is 2.19. The third-order valence-electron chi connectivity index (χ3n) is 3.50.